The van der Waals surface area contributed by atoms with Crippen molar-refractivity contribution in [2.75, 3.05) is 11.9 Å². The van der Waals surface area contributed by atoms with Gasteiger partial charge in [0.2, 0.25) is 0 Å². The maximum atomic E-state index is 5.91. The molecule has 106 valence electrons. The number of nitrogens with zero attached hydrogens (tertiary/aromatic N) is 2. The Labute approximate surface area is 131 Å². The first-order chi connectivity index (χ1) is 10.3. The summed E-state index contributed by atoms with van der Waals surface area (Å²) in [5.74, 6) is 0. The van der Waals surface area contributed by atoms with Gasteiger partial charge in [-0.2, -0.15) is 0 Å². The van der Waals surface area contributed by atoms with Gasteiger partial charge in [-0.05, 0) is 33.6 Å². The molecule has 2 aromatic heterocycles. The number of halogens is 1. The number of benzene rings is 1. The van der Waals surface area contributed by atoms with Crippen LogP contribution < -0.4 is 11.1 Å². The van der Waals surface area contributed by atoms with Crippen LogP contribution in [0.3, 0.4) is 0 Å². The van der Waals surface area contributed by atoms with Gasteiger partial charge in [0.15, 0.2) is 0 Å². The van der Waals surface area contributed by atoms with Crippen LogP contribution in [0.4, 0.5) is 5.69 Å². The van der Waals surface area contributed by atoms with Gasteiger partial charge in [0.1, 0.15) is 5.52 Å². The number of nitrogens with two attached hydrogens (primary N) is 1. The van der Waals surface area contributed by atoms with Crippen LogP contribution in [-0.2, 0) is 0 Å². The van der Waals surface area contributed by atoms with Crippen LogP contribution in [0.1, 0.15) is 11.6 Å². The molecule has 3 aromatic rings. The molecule has 0 aliphatic rings. The molecule has 2 heterocycles. The van der Waals surface area contributed by atoms with Crippen molar-refractivity contribution < 1.29 is 0 Å². The molecular formula is C16H15BrN4. The first-order valence-electron chi connectivity index (χ1n) is 6.70. The summed E-state index contributed by atoms with van der Waals surface area (Å²) in [6.45, 7) is 0.504. The monoisotopic (exact) mass is 342 g/mol. The largest absolute Gasteiger partial charge is 0.375 e. The molecule has 0 bridgehead atoms. The fraction of sp³-hybridized carbons (Fsp3) is 0.125. The summed E-state index contributed by atoms with van der Waals surface area (Å²) in [5, 5.41) is 3.46. The lowest BCUT2D eigenvalue weighted by Gasteiger charge is -2.19. The van der Waals surface area contributed by atoms with E-state index in [1.807, 2.05) is 30.3 Å². The number of anilines is 1. The zero-order valence-corrected chi connectivity index (χ0v) is 12.9. The molecule has 1 atom stereocenters. The van der Waals surface area contributed by atoms with Gasteiger partial charge in [-0.3, -0.25) is 9.97 Å². The first kappa shape index (κ1) is 14.0. The van der Waals surface area contributed by atoms with Crippen LogP contribution in [0, 0.1) is 0 Å². The third kappa shape index (κ3) is 3.04. The van der Waals surface area contributed by atoms with Crippen LogP contribution in [0.2, 0.25) is 0 Å². The molecule has 1 aromatic carbocycles. The maximum absolute atomic E-state index is 5.91. The van der Waals surface area contributed by atoms with Crippen molar-refractivity contribution in [1.82, 2.24) is 9.97 Å². The van der Waals surface area contributed by atoms with Gasteiger partial charge in [-0.1, -0.05) is 30.3 Å². The second-order valence-electron chi connectivity index (χ2n) is 4.72. The number of hydrogen-bond acceptors (Lipinski definition) is 4. The third-order valence-corrected chi connectivity index (χ3v) is 3.75. The van der Waals surface area contributed by atoms with Crippen molar-refractivity contribution in [3.63, 3.8) is 0 Å². The Morgan fingerprint density at radius 2 is 1.95 bits per heavy atom. The van der Waals surface area contributed by atoms with E-state index in [9.17, 15) is 0 Å². The average molecular weight is 343 g/mol. The van der Waals surface area contributed by atoms with Gasteiger partial charge in [0.05, 0.1) is 17.2 Å². The molecule has 0 radical (unpaired) electrons. The Balaban J connectivity index is 1.97. The van der Waals surface area contributed by atoms with Crippen molar-refractivity contribution >= 4 is 32.7 Å². The third-order valence-electron chi connectivity index (χ3n) is 3.31. The minimum atomic E-state index is 0.0437. The van der Waals surface area contributed by atoms with Crippen LogP contribution >= 0.6 is 15.9 Å². The Morgan fingerprint density at radius 1 is 1.14 bits per heavy atom. The van der Waals surface area contributed by atoms with E-state index in [2.05, 4.69) is 43.3 Å². The minimum absolute atomic E-state index is 0.0437. The number of aromatic nitrogens is 2. The second kappa shape index (κ2) is 6.20. The molecule has 3 rings (SSSR count). The van der Waals surface area contributed by atoms with E-state index in [0.717, 1.165) is 26.8 Å². The summed E-state index contributed by atoms with van der Waals surface area (Å²) in [6, 6.07) is 14.1. The van der Waals surface area contributed by atoms with Crippen LogP contribution in [0.5, 0.6) is 0 Å². The Bertz CT molecular complexity index is 746. The first-order valence-corrected chi connectivity index (χ1v) is 7.49. The molecule has 0 saturated carbocycles. The van der Waals surface area contributed by atoms with Crippen molar-refractivity contribution in [3.05, 3.63) is 64.9 Å². The lowest BCUT2D eigenvalue weighted by Crippen LogP contribution is -2.20. The molecule has 0 spiro atoms. The van der Waals surface area contributed by atoms with Gasteiger partial charge >= 0.3 is 0 Å². The lowest BCUT2D eigenvalue weighted by atomic mass is 10.1. The van der Waals surface area contributed by atoms with E-state index in [1.165, 1.54) is 0 Å². The highest BCUT2D eigenvalue weighted by molar-refractivity contribution is 9.10. The summed E-state index contributed by atoms with van der Waals surface area (Å²) < 4.78 is 0.915. The second-order valence-corrected chi connectivity index (χ2v) is 5.64. The van der Waals surface area contributed by atoms with E-state index in [4.69, 9.17) is 5.73 Å². The molecule has 4 nitrogen and oxygen atoms in total. The predicted molar refractivity (Wildman–Crippen MR) is 89.1 cm³/mol. The highest BCUT2D eigenvalue weighted by atomic mass is 79.9. The normalized spacial score (nSPS) is 12.3. The van der Waals surface area contributed by atoms with Gasteiger partial charge in [-0.25, -0.2) is 0 Å². The molecule has 0 saturated heterocycles. The van der Waals surface area contributed by atoms with Crippen molar-refractivity contribution in [3.8, 4) is 0 Å². The zero-order chi connectivity index (χ0) is 14.7. The minimum Gasteiger partial charge on any atom is -0.375 e. The fourth-order valence-corrected chi connectivity index (χ4v) is 2.59. The Morgan fingerprint density at radius 3 is 2.71 bits per heavy atom. The predicted octanol–water partition coefficient (Wildman–Crippen LogP) is 3.50. The van der Waals surface area contributed by atoms with Crippen molar-refractivity contribution in [2.24, 2.45) is 5.73 Å². The standard InChI is InChI=1S/C16H15BrN4/c17-12-8-14-16(20-10-12)13(6-7-19-14)21-15(9-18)11-4-2-1-3-5-11/h1-8,10,15H,9,18H2,(H,19,21). The zero-order valence-electron chi connectivity index (χ0n) is 11.3. The van der Waals surface area contributed by atoms with Gasteiger partial charge < -0.3 is 11.1 Å². The van der Waals surface area contributed by atoms with E-state index < -0.39 is 0 Å². The number of rotatable bonds is 4. The van der Waals surface area contributed by atoms with Gasteiger partial charge in [-0.15, -0.1) is 0 Å². The topological polar surface area (TPSA) is 63.8 Å². The molecule has 3 N–H and O–H groups in total. The van der Waals surface area contributed by atoms with Gasteiger partial charge in [0.25, 0.3) is 0 Å². The summed E-state index contributed by atoms with van der Waals surface area (Å²) >= 11 is 3.42. The van der Waals surface area contributed by atoms with Gasteiger partial charge in [0, 0.05) is 23.4 Å². The smallest absolute Gasteiger partial charge is 0.112 e. The molecule has 0 fully saturated rings. The summed E-state index contributed by atoms with van der Waals surface area (Å²) in [5.41, 5.74) is 9.69. The van der Waals surface area contributed by atoms with E-state index in [0.29, 0.717) is 6.54 Å². The Hall–Kier alpha value is -1.98. The summed E-state index contributed by atoms with van der Waals surface area (Å²) in [4.78, 5) is 8.79. The lowest BCUT2D eigenvalue weighted by molar-refractivity contribution is 0.791. The highest BCUT2D eigenvalue weighted by Gasteiger charge is 2.11. The van der Waals surface area contributed by atoms with Crippen LogP contribution in [-0.4, -0.2) is 16.5 Å². The Kier molecular flexibility index (Phi) is 4.13. The molecule has 5 heteroatoms. The fourth-order valence-electron chi connectivity index (χ4n) is 2.27. The van der Waals surface area contributed by atoms with E-state index in [-0.39, 0.29) is 6.04 Å². The quantitative estimate of drug-likeness (QED) is 0.761. The van der Waals surface area contributed by atoms with Crippen molar-refractivity contribution in [1.29, 1.82) is 0 Å². The number of pyridine rings is 2. The molecule has 1 unspecified atom stereocenters. The van der Waals surface area contributed by atoms with Crippen molar-refractivity contribution in [2.45, 2.75) is 6.04 Å². The summed E-state index contributed by atoms with van der Waals surface area (Å²) in [6.07, 6.45) is 3.55. The van der Waals surface area contributed by atoms with E-state index >= 15 is 0 Å². The SMILES string of the molecule is NCC(Nc1ccnc2cc(Br)cnc12)c1ccccc1. The van der Waals surface area contributed by atoms with E-state index in [1.54, 1.807) is 12.4 Å². The summed E-state index contributed by atoms with van der Waals surface area (Å²) in [7, 11) is 0. The maximum Gasteiger partial charge on any atom is 0.112 e. The molecule has 0 amide bonds. The number of fused-ring (bicyclic) bond motifs is 1. The number of hydrogen-bond donors (Lipinski definition) is 2. The van der Waals surface area contributed by atoms with Crippen LogP contribution in [0.25, 0.3) is 11.0 Å². The average Bonchev–Trinajstić information content (AvgIpc) is 2.53. The molecular weight excluding hydrogens is 328 g/mol. The molecule has 21 heavy (non-hydrogen) atoms. The molecule has 0 aliphatic heterocycles. The van der Waals surface area contributed by atoms with Crippen LogP contribution in [0.15, 0.2) is 59.3 Å². The molecule has 0 aliphatic carbocycles. The number of nitrogens with one attached hydrogen (secondary N) is 1. The highest BCUT2D eigenvalue weighted by Crippen LogP contribution is 2.25.